The fourth-order valence-electron chi connectivity index (χ4n) is 1.03. The van der Waals surface area contributed by atoms with Crippen LogP contribution in [0.4, 0.5) is 0 Å². The summed E-state index contributed by atoms with van der Waals surface area (Å²) in [6.45, 7) is 0.478. The Kier molecular flexibility index (Phi) is 5.04. The van der Waals surface area contributed by atoms with E-state index in [1.165, 1.54) is 22.6 Å². The molecule has 0 amide bonds. The topological polar surface area (TPSA) is 50.3 Å². The predicted molar refractivity (Wildman–Crippen MR) is 67.4 cm³/mol. The van der Waals surface area contributed by atoms with E-state index < -0.39 is 10.0 Å². The first-order valence-electron chi connectivity index (χ1n) is 4.55. The van der Waals surface area contributed by atoms with Crippen LogP contribution in [0.2, 0.25) is 5.15 Å². The molecule has 0 bridgehead atoms. The smallest absolute Gasteiger partial charge is 0.243 e. The summed E-state index contributed by atoms with van der Waals surface area (Å²) < 4.78 is 25.3. The first kappa shape index (κ1) is 13.8. The molecule has 90 valence electrons. The van der Waals surface area contributed by atoms with Gasteiger partial charge < -0.3 is 0 Å². The van der Waals surface area contributed by atoms with E-state index in [1.807, 2.05) is 6.26 Å². The number of hydrogen-bond donors (Lipinski definition) is 0. The Morgan fingerprint density at radius 3 is 2.69 bits per heavy atom. The molecule has 0 aliphatic heterocycles. The van der Waals surface area contributed by atoms with Gasteiger partial charge in [0, 0.05) is 25.5 Å². The van der Waals surface area contributed by atoms with Crippen molar-refractivity contribution in [3.63, 3.8) is 0 Å². The average molecular weight is 281 g/mol. The molecule has 1 aromatic rings. The van der Waals surface area contributed by atoms with Crippen molar-refractivity contribution in [2.75, 3.05) is 25.6 Å². The summed E-state index contributed by atoms with van der Waals surface area (Å²) in [6, 6.07) is 2.93. The number of halogens is 1. The number of pyridine rings is 1. The van der Waals surface area contributed by atoms with Crippen LogP contribution in [0, 0.1) is 0 Å². The summed E-state index contributed by atoms with van der Waals surface area (Å²) in [5, 5.41) is 0.283. The highest BCUT2D eigenvalue weighted by Gasteiger charge is 2.20. The van der Waals surface area contributed by atoms with Crippen LogP contribution < -0.4 is 0 Å². The summed E-state index contributed by atoms with van der Waals surface area (Å²) in [7, 11) is -1.87. The maximum absolute atomic E-state index is 12.0. The maximum Gasteiger partial charge on any atom is 0.244 e. The second-order valence-electron chi connectivity index (χ2n) is 3.14. The van der Waals surface area contributed by atoms with Gasteiger partial charge in [-0.2, -0.15) is 11.8 Å². The normalized spacial score (nSPS) is 12.0. The molecule has 1 rings (SSSR count). The SMILES string of the molecule is CSCCN(C)S(=O)(=O)c1ccc(Cl)nc1. The minimum Gasteiger partial charge on any atom is -0.243 e. The van der Waals surface area contributed by atoms with Crippen molar-refractivity contribution in [3.8, 4) is 0 Å². The molecule has 1 heterocycles. The zero-order valence-electron chi connectivity index (χ0n) is 9.05. The molecule has 0 N–H and O–H groups in total. The highest BCUT2D eigenvalue weighted by molar-refractivity contribution is 7.98. The van der Waals surface area contributed by atoms with E-state index in [1.54, 1.807) is 18.8 Å². The summed E-state index contributed by atoms with van der Waals surface area (Å²) in [5.74, 6) is 0.761. The van der Waals surface area contributed by atoms with Gasteiger partial charge in [-0.05, 0) is 18.4 Å². The fraction of sp³-hybridized carbons (Fsp3) is 0.444. The van der Waals surface area contributed by atoms with Crippen LogP contribution in [-0.2, 0) is 10.0 Å². The minimum absolute atomic E-state index is 0.167. The van der Waals surface area contributed by atoms with Crippen molar-refractivity contribution < 1.29 is 8.42 Å². The van der Waals surface area contributed by atoms with Crippen molar-refractivity contribution in [1.29, 1.82) is 0 Å². The number of nitrogens with zero attached hydrogens (tertiary/aromatic N) is 2. The molecule has 4 nitrogen and oxygen atoms in total. The van der Waals surface area contributed by atoms with Gasteiger partial charge in [0.25, 0.3) is 0 Å². The van der Waals surface area contributed by atoms with Crippen molar-refractivity contribution in [1.82, 2.24) is 9.29 Å². The molecule has 1 aromatic heterocycles. The van der Waals surface area contributed by atoms with Gasteiger partial charge in [0.1, 0.15) is 10.0 Å². The molecule has 0 saturated carbocycles. The quantitative estimate of drug-likeness (QED) is 0.771. The fourth-order valence-corrected chi connectivity index (χ4v) is 2.84. The third-order valence-electron chi connectivity index (χ3n) is 2.02. The largest absolute Gasteiger partial charge is 0.244 e. The number of sulfonamides is 1. The molecule has 0 spiro atoms. The Balaban J connectivity index is 2.89. The molecular weight excluding hydrogens is 268 g/mol. The summed E-state index contributed by atoms with van der Waals surface area (Å²) in [6.07, 6.45) is 3.21. The molecule has 0 atom stereocenters. The van der Waals surface area contributed by atoms with E-state index in [2.05, 4.69) is 4.98 Å². The molecule has 7 heteroatoms. The van der Waals surface area contributed by atoms with E-state index in [0.717, 1.165) is 5.75 Å². The second-order valence-corrected chi connectivity index (χ2v) is 6.55. The molecule has 0 fully saturated rings. The minimum atomic E-state index is -3.43. The van der Waals surface area contributed by atoms with Gasteiger partial charge in [-0.3, -0.25) is 0 Å². The maximum atomic E-state index is 12.0. The standard InChI is InChI=1S/C9H13ClN2O2S2/c1-12(5-6-15-2)16(13,14)8-3-4-9(10)11-7-8/h3-4,7H,5-6H2,1-2H3. The monoisotopic (exact) mass is 280 g/mol. The lowest BCUT2D eigenvalue weighted by Crippen LogP contribution is -2.29. The van der Waals surface area contributed by atoms with Gasteiger partial charge in [0.15, 0.2) is 0 Å². The molecular formula is C9H13ClN2O2S2. The molecule has 0 aliphatic carbocycles. The Morgan fingerprint density at radius 2 is 2.19 bits per heavy atom. The lowest BCUT2D eigenvalue weighted by atomic mass is 10.5. The van der Waals surface area contributed by atoms with Crippen LogP contribution in [0.25, 0.3) is 0 Å². The number of hydrogen-bond acceptors (Lipinski definition) is 4. The number of thioether (sulfide) groups is 1. The van der Waals surface area contributed by atoms with Crippen LogP contribution in [0.15, 0.2) is 23.2 Å². The molecule has 0 aliphatic rings. The van der Waals surface area contributed by atoms with E-state index >= 15 is 0 Å². The lowest BCUT2D eigenvalue weighted by Gasteiger charge is -2.16. The van der Waals surface area contributed by atoms with Crippen molar-refractivity contribution in [2.24, 2.45) is 0 Å². The van der Waals surface area contributed by atoms with Crippen LogP contribution in [0.1, 0.15) is 0 Å². The Labute approximate surface area is 105 Å². The van der Waals surface area contributed by atoms with Crippen molar-refractivity contribution in [2.45, 2.75) is 4.90 Å². The summed E-state index contributed by atoms with van der Waals surface area (Å²) in [4.78, 5) is 3.93. The van der Waals surface area contributed by atoms with Gasteiger partial charge in [0.2, 0.25) is 10.0 Å². The van der Waals surface area contributed by atoms with Gasteiger partial charge in [-0.25, -0.2) is 17.7 Å². The molecule has 16 heavy (non-hydrogen) atoms. The van der Waals surface area contributed by atoms with Crippen LogP contribution in [0.5, 0.6) is 0 Å². The zero-order valence-corrected chi connectivity index (χ0v) is 11.4. The van der Waals surface area contributed by atoms with Gasteiger partial charge in [0.05, 0.1) is 0 Å². The second kappa shape index (κ2) is 5.86. The van der Waals surface area contributed by atoms with Gasteiger partial charge >= 0.3 is 0 Å². The Bertz CT molecular complexity index is 433. The average Bonchev–Trinajstić information content (AvgIpc) is 2.26. The van der Waals surface area contributed by atoms with Crippen LogP contribution in [-0.4, -0.2) is 43.3 Å². The zero-order chi connectivity index (χ0) is 12.2. The van der Waals surface area contributed by atoms with E-state index in [4.69, 9.17) is 11.6 Å². The summed E-state index contributed by atoms with van der Waals surface area (Å²) in [5.41, 5.74) is 0. The van der Waals surface area contributed by atoms with Crippen molar-refractivity contribution >= 4 is 33.4 Å². The van der Waals surface area contributed by atoms with Gasteiger partial charge in [-0.15, -0.1) is 0 Å². The first-order chi connectivity index (χ1) is 7.48. The third-order valence-corrected chi connectivity index (χ3v) is 4.67. The highest BCUT2D eigenvalue weighted by atomic mass is 35.5. The number of aromatic nitrogens is 1. The molecule has 0 unspecified atom stereocenters. The summed E-state index contributed by atoms with van der Waals surface area (Å²) >= 11 is 7.20. The van der Waals surface area contributed by atoms with E-state index in [0.29, 0.717) is 6.54 Å². The Hall–Kier alpha value is -0.300. The molecule has 0 saturated heterocycles. The molecule has 0 radical (unpaired) electrons. The van der Waals surface area contributed by atoms with Crippen molar-refractivity contribution in [3.05, 3.63) is 23.5 Å². The predicted octanol–water partition coefficient (Wildman–Crippen LogP) is 1.72. The van der Waals surface area contributed by atoms with Gasteiger partial charge in [-0.1, -0.05) is 11.6 Å². The van der Waals surface area contributed by atoms with Crippen LogP contribution >= 0.6 is 23.4 Å². The molecule has 0 aromatic carbocycles. The number of rotatable bonds is 5. The van der Waals surface area contributed by atoms with Crippen LogP contribution in [0.3, 0.4) is 0 Å². The van der Waals surface area contributed by atoms with E-state index in [9.17, 15) is 8.42 Å². The first-order valence-corrected chi connectivity index (χ1v) is 7.76. The lowest BCUT2D eigenvalue weighted by molar-refractivity contribution is 0.488. The third kappa shape index (κ3) is 3.35. The highest BCUT2D eigenvalue weighted by Crippen LogP contribution is 2.15. The Morgan fingerprint density at radius 1 is 1.50 bits per heavy atom. The van der Waals surface area contributed by atoms with E-state index in [-0.39, 0.29) is 10.0 Å².